The van der Waals surface area contributed by atoms with Crippen LogP contribution in [0.3, 0.4) is 0 Å². The lowest BCUT2D eigenvalue weighted by Gasteiger charge is -2.26. The van der Waals surface area contributed by atoms with E-state index in [0.29, 0.717) is 4.90 Å². The summed E-state index contributed by atoms with van der Waals surface area (Å²) >= 11 is 0. The van der Waals surface area contributed by atoms with E-state index >= 15 is 0 Å². The fraction of sp³-hybridized carbons (Fsp3) is 0.333. The highest BCUT2D eigenvalue weighted by Gasteiger charge is 2.36. The molecule has 2 aromatic rings. The molecule has 4 heteroatoms. The highest BCUT2D eigenvalue weighted by Crippen LogP contribution is 2.37. The van der Waals surface area contributed by atoms with E-state index < -0.39 is 10.0 Å². The van der Waals surface area contributed by atoms with Gasteiger partial charge >= 0.3 is 0 Å². The van der Waals surface area contributed by atoms with Crippen LogP contribution in [-0.4, -0.2) is 14.5 Å². The molecule has 0 fully saturated rings. The van der Waals surface area contributed by atoms with Crippen molar-refractivity contribution in [2.45, 2.75) is 45.1 Å². The maximum atomic E-state index is 13.2. The van der Waals surface area contributed by atoms with Crippen LogP contribution in [0.2, 0.25) is 0 Å². The number of fused-ring (bicyclic) bond motifs is 1. The number of hydrogen-bond acceptors (Lipinski definition) is 2. The zero-order chi connectivity index (χ0) is 16.1. The predicted molar refractivity (Wildman–Crippen MR) is 89.9 cm³/mol. The van der Waals surface area contributed by atoms with E-state index in [-0.39, 0.29) is 6.04 Å². The van der Waals surface area contributed by atoms with Crippen molar-refractivity contribution in [3.05, 3.63) is 58.7 Å². The molecule has 116 valence electrons. The van der Waals surface area contributed by atoms with Crippen LogP contribution < -0.4 is 4.31 Å². The second kappa shape index (κ2) is 5.13. The third kappa shape index (κ3) is 2.13. The zero-order valence-electron chi connectivity index (χ0n) is 13.4. The van der Waals surface area contributed by atoms with Crippen LogP contribution in [0, 0.1) is 20.8 Å². The smallest absolute Gasteiger partial charge is 0.263 e. The molecule has 1 heterocycles. The number of aryl methyl sites for hydroxylation is 1. The Balaban J connectivity index is 2.18. The Morgan fingerprint density at radius 1 is 1.00 bits per heavy atom. The van der Waals surface area contributed by atoms with Gasteiger partial charge in [0, 0.05) is 6.04 Å². The van der Waals surface area contributed by atoms with Crippen molar-refractivity contribution in [1.82, 2.24) is 0 Å². The molecule has 0 N–H and O–H groups in total. The van der Waals surface area contributed by atoms with Crippen molar-refractivity contribution in [3.8, 4) is 0 Å². The van der Waals surface area contributed by atoms with Crippen LogP contribution in [0.5, 0.6) is 0 Å². The quantitative estimate of drug-likeness (QED) is 0.846. The van der Waals surface area contributed by atoms with Gasteiger partial charge in [0.15, 0.2) is 0 Å². The number of anilines is 1. The van der Waals surface area contributed by atoms with Crippen molar-refractivity contribution in [1.29, 1.82) is 0 Å². The van der Waals surface area contributed by atoms with Gasteiger partial charge in [-0.05, 0) is 68.5 Å². The summed E-state index contributed by atoms with van der Waals surface area (Å²) in [6, 6.07) is 11.3. The Kier molecular flexibility index (Phi) is 3.52. The summed E-state index contributed by atoms with van der Waals surface area (Å²) in [5, 5.41) is 0. The van der Waals surface area contributed by atoms with Gasteiger partial charge in [0.25, 0.3) is 10.0 Å². The van der Waals surface area contributed by atoms with E-state index in [1.165, 1.54) is 0 Å². The van der Waals surface area contributed by atoms with E-state index in [1.807, 2.05) is 58.0 Å². The van der Waals surface area contributed by atoms with Crippen molar-refractivity contribution < 1.29 is 8.42 Å². The van der Waals surface area contributed by atoms with Gasteiger partial charge in [-0.3, -0.25) is 4.31 Å². The minimum atomic E-state index is -3.54. The van der Waals surface area contributed by atoms with Gasteiger partial charge in [0.1, 0.15) is 0 Å². The first-order valence-corrected chi connectivity index (χ1v) is 8.97. The van der Waals surface area contributed by atoms with E-state index in [2.05, 4.69) is 0 Å². The summed E-state index contributed by atoms with van der Waals surface area (Å²) in [5.41, 5.74) is 4.91. The van der Waals surface area contributed by atoms with Crippen LogP contribution in [0.4, 0.5) is 5.69 Å². The average molecular weight is 315 g/mol. The Morgan fingerprint density at radius 2 is 1.68 bits per heavy atom. The topological polar surface area (TPSA) is 37.4 Å². The number of benzene rings is 2. The van der Waals surface area contributed by atoms with Gasteiger partial charge in [-0.15, -0.1) is 0 Å². The van der Waals surface area contributed by atoms with Gasteiger partial charge in [0.2, 0.25) is 0 Å². The summed E-state index contributed by atoms with van der Waals surface area (Å²) in [5.74, 6) is 0. The van der Waals surface area contributed by atoms with E-state index in [0.717, 1.165) is 34.4 Å². The van der Waals surface area contributed by atoms with E-state index in [1.54, 1.807) is 10.4 Å². The number of sulfonamides is 1. The first-order valence-electron chi connectivity index (χ1n) is 7.53. The summed E-state index contributed by atoms with van der Waals surface area (Å²) in [4.78, 5) is 0.416. The summed E-state index contributed by atoms with van der Waals surface area (Å²) in [6.07, 6.45) is 0.763. The van der Waals surface area contributed by atoms with E-state index in [4.69, 9.17) is 0 Å². The van der Waals surface area contributed by atoms with E-state index in [9.17, 15) is 8.42 Å². The molecule has 0 aromatic heterocycles. The molecule has 0 radical (unpaired) electrons. The molecule has 0 unspecified atom stereocenters. The third-order valence-electron chi connectivity index (χ3n) is 4.69. The Bertz CT molecular complexity index is 840. The molecular weight excluding hydrogens is 294 g/mol. The zero-order valence-corrected chi connectivity index (χ0v) is 14.2. The number of nitrogens with zero attached hydrogens (tertiary/aromatic N) is 1. The highest BCUT2D eigenvalue weighted by molar-refractivity contribution is 7.93. The van der Waals surface area contributed by atoms with Crippen LogP contribution >= 0.6 is 0 Å². The molecule has 0 bridgehead atoms. The van der Waals surface area contributed by atoms with Gasteiger partial charge in [0.05, 0.1) is 10.6 Å². The normalized spacial score (nSPS) is 17.6. The molecule has 0 amide bonds. The van der Waals surface area contributed by atoms with Crippen molar-refractivity contribution in [3.63, 3.8) is 0 Å². The molecule has 0 aliphatic carbocycles. The lowest BCUT2D eigenvalue weighted by Crippen LogP contribution is -2.36. The van der Waals surface area contributed by atoms with Gasteiger partial charge < -0.3 is 0 Å². The molecular formula is C18H21NO2S. The maximum absolute atomic E-state index is 13.2. The summed E-state index contributed by atoms with van der Waals surface area (Å²) in [6.45, 7) is 7.84. The molecule has 1 atom stereocenters. The van der Waals surface area contributed by atoms with Crippen molar-refractivity contribution >= 4 is 15.7 Å². The van der Waals surface area contributed by atoms with Crippen molar-refractivity contribution in [2.24, 2.45) is 0 Å². The molecule has 0 spiro atoms. The molecule has 1 aliphatic heterocycles. The monoisotopic (exact) mass is 315 g/mol. The fourth-order valence-electron chi connectivity index (χ4n) is 3.22. The minimum absolute atomic E-state index is 0.0524. The maximum Gasteiger partial charge on any atom is 0.264 e. The van der Waals surface area contributed by atoms with Crippen LogP contribution in [0.1, 0.15) is 29.2 Å². The van der Waals surface area contributed by atoms with Crippen LogP contribution in [0.15, 0.2) is 41.3 Å². The average Bonchev–Trinajstić information content (AvgIpc) is 2.80. The standard InChI is InChI=1S/C18H21NO2S/c1-12-9-10-18(15(4)14(12)3)22(20,21)19-13(2)11-16-7-5-6-8-17(16)19/h5-10,13H,11H2,1-4H3/t13-/m1/s1. The van der Waals surface area contributed by atoms with Gasteiger partial charge in [-0.2, -0.15) is 0 Å². The third-order valence-corrected chi connectivity index (χ3v) is 6.76. The number of rotatable bonds is 2. The lowest BCUT2D eigenvalue weighted by atomic mass is 10.1. The van der Waals surface area contributed by atoms with Gasteiger partial charge in [-0.25, -0.2) is 8.42 Å². The van der Waals surface area contributed by atoms with Gasteiger partial charge in [-0.1, -0.05) is 24.3 Å². The highest BCUT2D eigenvalue weighted by atomic mass is 32.2. The number of hydrogen-bond donors (Lipinski definition) is 0. The number of para-hydroxylation sites is 1. The molecule has 0 saturated heterocycles. The molecule has 0 saturated carbocycles. The second-order valence-electron chi connectivity index (χ2n) is 6.11. The fourth-order valence-corrected chi connectivity index (χ4v) is 5.20. The molecule has 3 rings (SSSR count). The summed E-state index contributed by atoms with van der Waals surface area (Å²) < 4.78 is 28.0. The van der Waals surface area contributed by atoms with Crippen molar-refractivity contribution in [2.75, 3.05) is 4.31 Å². The SMILES string of the molecule is Cc1ccc(S(=O)(=O)N2c3ccccc3C[C@H]2C)c(C)c1C. The van der Waals surface area contributed by atoms with Crippen LogP contribution in [-0.2, 0) is 16.4 Å². The first-order chi connectivity index (χ1) is 10.3. The molecule has 2 aromatic carbocycles. The first kappa shape index (κ1) is 15.1. The largest absolute Gasteiger partial charge is 0.264 e. The summed E-state index contributed by atoms with van der Waals surface area (Å²) in [7, 11) is -3.54. The molecule has 22 heavy (non-hydrogen) atoms. The Morgan fingerprint density at radius 3 is 2.41 bits per heavy atom. The molecule has 1 aliphatic rings. The Labute approximate surface area is 132 Å². The minimum Gasteiger partial charge on any atom is -0.263 e. The molecule has 3 nitrogen and oxygen atoms in total. The van der Waals surface area contributed by atoms with Crippen LogP contribution in [0.25, 0.3) is 0 Å². The Hall–Kier alpha value is -1.81. The second-order valence-corrected chi connectivity index (χ2v) is 7.90. The predicted octanol–water partition coefficient (Wildman–Crippen LogP) is 3.75. The lowest BCUT2D eigenvalue weighted by molar-refractivity contribution is 0.583.